The van der Waals surface area contributed by atoms with Crippen molar-refractivity contribution >= 4 is 24.6 Å². The molecule has 0 N–H and O–H groups in total. The molecule has 82 heavy (non-hydrogen) atoms. The van der Waals surface area contributed by atoms with Crippen LogP contribution in [0, 0.1) is 66.6 Å². The first-order valence-electron chi connectivity index (χ1n) is 33.4. The largest absolute Gasteiger partial charge is 0.370 e. The van der Waals surface area contributed by atoms with Crippen LogP contribution < -0.4 is 0 Å². The van der Waals surface area contributed by atoms with E-state index in [2.05, 4.69) is 149 Å². The number of hydrogen-bond donors (Lipinski definition) is 0. The zero-order chi connectivity index (χ0) is 59.2. The number of hydrogen-bond acceptors (Lipinski definition) is 4. The van der Waals surface area contributed by atoms with Crippen molar-refractivity contribution in [2.75, 3.05) is 0 Å². The predicted molar refractivity (Wildman–Crippen MR) is 356 cm³/mol. The van der Waals surface area contributed by atoms with E-state index in [1.807, 2.05) is 0 Å². The van der Waals surface area contributed by atoms with Crippen molar-refractivity contribution in [3.8, 4) is 0 Å². The summed E-state index contributed by atoms with van der Waals surface area (Å²) < 4.78 is 32.7. The van der Waals surface area contributed by atoms with Crippen LogP contribution in [0.4, 0.5) is 0 Å². The number of allylic oxidation sites excluding steroid dienone is 18. The molecule has 8 fully saturated rings. The summed E-state index contributed by atoms with van der Waals surface area (Å²) in [4.78, 5) is 0. The zero-order valence-corrected chi connectivity index (χ0v) is 53.4. The first-order valence-corrected chi connectivity index (χ1v) is 32.2. The van der Waals surface area contributed by atoms with Gasteiger partial charge in [0.05, 0.1) is 56.7 Å². The van der Waals surface area contributed by atoms with Crippen LogP contribution in [0.1, 0.15) is 193 Å². The monoisotopic (exact) mass is 1150 g/mol. The van der Waals surface area contributed by atoms with Gasteiger partial charge in [-0.15, -0.1) is 13.2 Å². The maximum absolute atomic E-state index is 5.60. The minimum atomic E-state index is 0. The molecule has 18 unspecified atom stereocenters. The molecule has 0 spiro atoms. The van der Waals surface area contributed by atoms with Gasteiger partial charge in [-0.05, 0) is 254 Å². The van der Waals surface area contributed by atoms with Crippen LogP contribution in [0.2, 0.25) is 6.82 Å². The topological polar surface area (TPSA) is 50.1 Å². The van der Waals surface area contributed by atoms with Gasteiger partial charge in [0.1, 0.15) is 0 Å². The second kappa shape index (κ2) is 44.0. The van der Waals surface area contributed by atoms with E-state index in [4.69, 9.17) is 21.6 Å². The maximum atomic E-state index is 5.60. The molecule has 4 saturated carbocycles. The fraction of sp³-hybridized carbons (Fsp3) is 0.662. The molecule has 4 nitrogen and oxygen atoms in total. The summed E-state index contributed by atoms with van der Waals surface area (Å²) in [5, 5.41) is 0. The molecule has 451 valence electrons. The predicted octanol–water partition coefficient (Wildman–Crippen LogP) is 18.8. The van der Waals surface area contributed by atoms with Gasteiger partial charge >= 0.3 is 0 Å². The normalized spacial score (nSPS) is 36.9. The van der Waals surface area contributed by atoms with Crippen molar-refractivity contribution in [1.82, 2.24) is 0 Å². The summed E-state index contributed by atoms with van der Waals surface area (Å²) >= 11 is 0. The van der Waals surface area contributed by atoms with Gasteiger partial charge in [-0.2, -0.15) is 0 Å². The van der Waals surface area contributed by atoms with Gasteiger partial charge in [-0.25, -0.2) is 0 Å². The molecule has 7 radical (unpaired) electrons. The number of rotatable bonds is 8. The quantitative estimate of drug-likeness (QED) is 0.0799. The van der Waals surface area contributed by atoms with E-state index in [9.17, 15) is 0 Å². The Morgan fingerprint density at radius 1 is 0.317 bits per heavy atom. The van der Waals surface area contributed by atoms with Gasteiger partial charge in [0, 0.05) is 35.3 Å². The van der Waals surface area contributed by atoms with E-state index in [1.54, 1.807) is 24.3 Å². The van der Waals surface area contributed by atoms with Crippen LogP contribution in [0.25, 0.3) is 0 Å². The van der Waals surface area contributed by atoms with Crippen molar-refractivity contribution in [1.29, 1.82) is 2.67 Å². The third kappa shape index (κ3) is 27.9. The molecular weight excluding hydrogens is 1040 g/mol. The fourth-order valence-electron chi connectivity index (χ4n) is 14.5. The van der Waals surface area contributed by atoms with Gasteiger partial charge in [-0.3, -0.25) is 0 Å². The molecule has 14 aliphatic rings. The molecule has 18 atom stereocenters. The van der Waals surface area contributed by atoms with Crippen molar-refractivity contribution in [3.63, 3.8) is 0 Å². The van der Waals surface area contributed by atoms with E-state index in [0.29, 0.717) is 48.8 Å². The van der Waals surface area contributed by atoms with Crippen molar-refractivity contribution in [2.45, 2.75) is 248 Å². The van der Waals surface area contributed by atoms with Crippen molar-refractivity contribution in [2.24, 2.45) is 59.2 Å². The molecule has 0 bridgehead atoms. The number of epoxide rings is 4. The Morgan fingerprint density at radius 3 is 0.793 bits per heavy atom. The second-order valence-corrected chi connectivity index (χ2v) is 24.8. The molecule has 4 saturated heterocycles. The van der Waals surface area contributed by atoms with Crippen molar-refractivity contribution < 1.29 is 37.5 Å². The van der Waals surface area contributed by atoms with Gasteiger partial charge in [0.15, 0.2) is 0 Å². The van der Waals surface area contributed by atoms with E-state index >= 15 is 0 Å². The summed E-state index contributed by atoms with van der Waals surface area (Å²) in [6.07, 6.45) is 84.5. The summed E-state index contributed by atoms with van der Waals surface area (Å²) in [5.41, 5.74) is 0. The fourth-order valence-corrected chi connectivity index (χ4v) is 14.5. The summed E-state index contributed by atoms with van der Waals surface area (Å²) in [6, 6.07) is 0. The Morgan fingerprint density at radius 2 is 0.573 bits per heavy atom. The summed E-state index contributed by atoms with van der Waals surface area (Å²) in [5.74, 6) is 9.39. The maximum Gasteiger partial charge on any atom is 0.0847 e. The average molecular weight is 1160 g/mol. The van der Waals surface area contributed by atoms with Gasteiger partial charge in [0.25, 0.3) is 0 Å². The standard InChI is InChI=1S/C12H18O2.C12H18O.2C12H18.C8H12O.C8H12.2C4H6.CH3B.CH3.2BH.V/c1-3-9-11(13-9)5-7(1)8-2-4-10-12(6-8)14-10;1-2-4-9(5-3-1)10-6-7-11-12(8-10)13-11;2*1-3-7-11(8-4-1)12-9-5-2-6-10-12;1-2-6-3-4-7-8(5-6)9-7;1-2-8-6-4-3-5-7-8;2*1-3-4-2;1-2;;;;/h7-12H,1-6H2;1-2,9-12H,3-8H2;2*1-3,5,11-12H,4,6-10H2;2,6-8H,1,3-5H2;2-4,8H,1,5-7H2;2*3-4H,1-2H2;1H3;1H3;2*1H;/q;;;;;;;;;-1;;;/i;;;;;;;;;;2*1D;. The average Bonchev–Trinajstić information content (AvgIpc) is 3.94. The number of fused-ring (bicyclic) bond motifs is 4. The number of ether oxygens (including phenoxy) is 4. The van der Waals surface area contributed by atoms with Crippen LogP contribution in [0.15, 0.2) is 149 Å². The second-order valence-electron chi connectivity index (χ2n) is 24.8. The van der Waals surface area contributed by atoms with E-state index in [0.717, 1.165) is 59.2 Å². The van der Waals surface area contributed by atoms with Crippen LogP contribution in [-0.4, -0.2) is 76.1 Å². The van der Waals surface area contributed by atoms with Gasteiger partial charge < -0.3 is 26.4 Å². The van der Waals surface area contributed by atoms with Crippen molar-refractivity contribution in [3.05, 3.63) is 156 Å². The summed E-state index contributed by atoms with van der Waals surface area (Å²) in [6.45, 7) is 22.5. The smallest absolute Gasteiger partial charge is 0.0847 e. The minimum Gasteiger partial charge on any atom is -0.370 e. The van der Waals surface area contributed by atoms with E-state index in [1.165, 1.54) is 199 Å². The Kier molecular flexibility index (Phi) is 38.6. The molecule has 8 heteroatoms. The van der Waals surface area contributed by atoms with E-state index in [-0.39, 0.29) is 26.0 Å². The Labute approximate surface area is 525 Å². The minimum absolute atomic E-state index is 0. The van der Waals surface area contributed by atoms with Crippen LogP contribution in [0.5, 0.6) is 0 Å². The van der Waals surface area contributed by atoms with Crippen LogP contribution in [0.3, 0.4) is 0 Å². The first-order chi connectivity index (χ1) is 40.4. The van der Waals surface area contributed by atoms with Crippen LogP contribution in [-0.2, 0) is 37.5 Å². The Hall–Kier alpha value is -2.50. The molecule has 4 heterocycles. The molecule has 0 amide bonds. The molecule has 0 aromatic heterocycles. The van der Waals surface area contributed by atoms with E-state index < -0.39 is 0 Å². The van der Waals surface area contributed by atoms with Gasteiger partial charge in [-0.1, -0.05) is 143 Å². The third-order valence-corrected chi connectivity index (χ3v) is 19.7. The Balaban J connectivity index is 0.000000330. The van der Waals surface area contributed by atoms with Gasteiger partial charge in [0.2, 0.25) is 0 Å². The SMILES string of the molecule is C1=CCC(C2CC=CCC2)CC1.C1=CCC(C2CC=CCC2)CC1.C1=CCC(C2CCC3OC3C2)CC1.C1CC2OC2CC1C1CCC2OC2C1.C=CC1CC=CCC1.C=CC1CCC2OC2C1.C=CC=C.C=CC=C.[2H][B].[2H][B].[B]C.[CH3-].[V]. The Bertz CT molecular complexity index is 1820. The molecular formula is C74H116B3O4V-. The molecule has 0 aromatic carbocycles. The molecule has 14 rings (SSSR count). The molecule has 4 aliphatic heterocycles. The molecule has 10 aliphatic carbocycles. The van der Waals surface area contributed by atoms with Crippen LogP contribution >= 0.6 is 0 Å². The molecule has 0 aromatic rings. The first kappa shape index (κ1) is 72.0. The third-order valence-electron chi connectivity index (χ3n) is 19.7. The zero-order valence-electron chi connectivity index (χ0n) is 54.1. The summed E-state index contributed by atoms with van der Waals surface area (Å²) in [7, 11) is 12.0.